The van der Waals surface area contributed by atoms with Crippen molar-refractivity contribution in [3.63, 3.8) is 0 Å². The molecule has 2 amide bonds. The average molecular weight is 357 g/mol. The highest BCUT2D eigenvalue weighted by molar-refractivity contribution is 6.33. The Bertz CT molecular complexity index is 954. The molecule has 0 aliphatic carbocycles. The molecule has 25 heavy (non-hydrogen) atoms. The molecule has 126 valence electrons. The third-order valence-corrected chi connectivity index (χ3v) is 4.03. The number of hydrogen-bond donors (Lipinski definition) is 2. The molecule has 2 N–H and O–H groups in total. The number of amides is 2. The average Bonchev–Trinajstić information content (AvgIpc) is 2.60. The third kappa shape index (κ3) is 3.95. The maximum Gasteiger partial charge on any atom is 0.271 e. The van der Waals surface area contributed by atoms with Crippen LogP contribution in [0.25, 0.3) is 10.8 Å². The van der Waals surface area contributed by atoms with Crippen LogP contribution in [-0.4, -0.2) is 11.8 Å². The number of rotatable bonds is 3. The number of halogens is 2. The molecule has 0 aliphatic heterocycles. The normalized spacial score (nSPS) is 10.5. The Labute approximate surface area is 148 Å². The maximum absolute atomic E-state index is 13.0. The van der Waals surface area contributed by atoms with Gasteiger partial charge in [-0.25, -0.2) is 4.39 Å². The molecule has 0 atom stereocenters. The molecule has 6 heteroatoms. The molecule has 3 rings (SSSR count). The van der Waals surface area contributed by atoms with Crippen LogP contribution in [0.2, 0.25) is 5.02 Å². The number of carbonyl (C=O) groups excluding carboxylic acids is 2. The van der Waals surface area contributed by atoms with Gasteiger partial charge in [0.15, 0.2) is 0 Å². The van der Waals surface area contributed by atoms with Crippen molar-refractivity contribution < 1.29 is 14.0 Å². The lowest BCUT2D eigenvalue weighted by Gasteiger charge is -2.10. The number of hydrogen-bond acceptors (Lipinski definition) is 2. The molecule has 4 nitrogen and oxygen atoms in total. The zero-order valence-corrected chi connectivity index (χ0v) is 13.8. The van der Waals surface area contributed by atoms with Gasteiger partial charge >= 0.3 is 0 Å². The fraction of sp³-hybridized carbons (Fsp3) is 0.0526. The SMILES string of the molecule is O=C(Cc1cccc2ccccc12)NNC(=O)c1ccc(F)cc1Cl. The number of fused-ring (bicyclic) bond motifs is 1. The van der Waals surface area contributed by atoms with Crippen LogP contribution in [0.1, 0.15) is 15.9 Å². The predicted molar refractivity (Wildman–Crippen MR) is 94.7 cm³/mol. The van der Waals surface area contributed by atoms with Gasteiger partial charge in [-0.2, -0.15) is 0 Å². The van der Waals surface area contributed by atoms with Crippen LogP contribution in [0.3, 0.4) is 0 Å². The van der Waals surface area contributed by atoms with Crippen molar-refractivity contribution >= 4 is 34.2 Å². The van der Waals surface area contributed by atoms with Gasteiger partial charge in [-0.3, -0.25) is 20.4 Å². The highest BCUT2D eigenvalue weighted by Gasteiger charge is 2.13. The molecule has 0 aliphatic rings. The summed E-state index contributed by atoms with van der Waals surface area (Å²) in [4.78, 5) is 24.1. The van der Waals surface area contributed by atoms with Gasteiger partial charge in [0.25, 0.3) is 5.91 Å². The molecular weight excluding hydrogens is 343 g/mol. The van der Waals surface area contributed by atoms with Crippen molar-refractivity contribution in [3.05, 3.63) is 82.6 Å². The van der Waals surface area contributed by atoms with E-state index in [1.54, 1.807) is 0 Å². The van der Waals surface area contributed by atoms with Crippen molar-refractivity contribution in [2.45, 2.75) is 6.42 Å². The van der Waals surface area contributed by atoms with Gasteiger partial charge in [0.05, 0.1) is 17.0 Å². The highest BCUT2D eigenvalue weighted by Crippen LogP contribution is 2.19. The summed E-state index contributed by atoms with van der Waals surface area (Å²) >= 11 is 5.82. The number of benzene rings is 3. The molecule has 0 saturated heterocycles. The van der Waals surface area contributed by atoms with Crippen molar-refractivity contribution in [2.24, 2.45) is 0 Å². The van der Waals surface area contributed by atoms with E-state index in [-0.39, 0.29) is 22.9 Å². The summed E-state index contributed by atoms with van der Waals surface area (Å²) < 4.78 is 13.0. The zero-order valence-electron chi connectivity index (χ0n) is 13.1. The molecule has 0 spiro atoms. The summed E-state index contributed by atoms with van der Waals surface area (Å²) in [5, 5.41) is 1.99. The Morgan fingerprint density at radius 1 is 0.960 bits per heavy atom. The topological polar surface area (TPSA) is 58.2 Å². The minimum atomic E-state index is -0.615. The largest absolute Gasteiger partial charge is 0.273 e. The first-order valence-corrected chi connectivity index (χ1v) is 7.93. The van der Waals surface area contributed by atoms with E-state index < -0.39 is 11.7 Å². The van der Waals surface area contributed by atoms with Crippen LogP contribution in [0, 0.1) is 5.82 Å². The molecule has 0 heterocycles. The maximum atomic E-state index is 13.0. The van der Waals surface area contributed by atoms with E-state index in [0.717, 1.165) is 28.5 Å². The third-order valence-electron chi connectivity index (χ3n) is 3.72. The molecule has 0 saturated carbocycles. The van der Waals surface area contributed by atoms with Crippen LogP contribution in [0.4, 0.5) is 4.39 Å². The summed E-state index contributed by atoms with van der Waals surface area (Å²) in [7, 11) is 0. The van der Waals surface area contributed by atoms with E-state index in [1.807, 2.05) is 42.5 Å². The van der Waals surface area contributed by atoms with E-state index >= 15 is 0 Å². The minimum absolute atomic E-state index is 0.0270. The van der Waals surface area contributed by atoms with Crippen LogP contribution in [-0.2, 0) is 11.2 Å². The van der Waals surface area contributed by atoms with Crippen molar-refractivity contribution in [2.75, 3.05) is 0 Å². The zero-order chi connectivity index (χ0) is 17.8. The Balaban J connectivity index is 1.65. The van der Waals surface area contributed by atoms with Crippen LogP contribution < -0.4 is 10.9 Å². The number of hydrazine groups is 1. The Morgan fingerprint density at radius 2 is 1.72 bits per heavy atom. The Hall–Kier alpha value is -2.92. The smallest absolute Gasteiger partial charge is 0.271 e. The van der Waals surface area contributed by atoms with Crippen molar-refractivity contribution in [3.8, 4) is 0 Å². The van der Waals surface area contributed by atoms with Crippen molar-refractivity contribution in [1.82, 2.24) is 10.9 Å². The first-order valence-electron chi connectivity index (χ1n) is 7.55. The van der Waals surface area contributed by atoms with Crippen LogP contribution in [0.15, 0.2) is 60.7 Å². The second kappa shape index (κ2) is 7.32. The molecule has 0 unspecified atom stereocenters. The van der Waals surface area contributed by atoms with Gasteiger partial charge in [0.1, 0.15) is 5.82 Å². The van der Waals surface area contributed by atoms with Gasteiger partial charge in [-0.15, -0.1) is 0 Å². The van der Waals surface area contributed by atoms with Crippen molar-refractivity contribution in [1.29, 1.82) is 0 Å². The van der Waals surface area contributed by atoms with Gasteiger partial charge in [0, 0.05) is 0 Å². The Morgan fingerprint density at radius 3 is 2.52 bits per heavy atom. The molecule has 0 fully saturated rings. The van der Waals surface area contributed by atoms with E-state index in [4.69, 9.17) is 11.6 Å². The van der Waals surface area contributed by atoms with Gasteiger partial charge in [0.2, 0.25) is 5.91 Å². The van der Waals surface area contributed by atoms with Gasteiger partial charge in [-0.05, 0) is 34.5 Å². The van der Waals surface area contributed by atoms with E-state index in [1.165, 1.54) is 6.07 Å². The minimum Gasteiger partial charge on any atom is -0.273 e. The van der Waals surface area contributed by atoms with E-state index in [2.05, 4.69) is 10.9 Å². The van der Waals surface area contributed by atoms with E-state index in [9.17, 15) is 14.0 Å². The second-order valence-electron chi connectivity index (χ2n) is 5.44. The monoisotopic (exact) mass is 356 g/mol. The fourth-order valence-corrected chi connectivity index (χ4v) is 2.78. The quantitative estimate of drug-likeness (QED) is 0.704. The summed E-state index contributed by atoms with van der Waals surface area (Å²) in [5.74, 6) is -1.53. The summed E-state index contributed by atoms with van der Waals surface area (Å²) in [6.45, 7) is 0. The Kier molecular flexibility index (Phi) is 4.95. The summed E-state index contributed by atoms with van der Waals surface area (Å²) in [5.41, 5.74) is 5.56. The number of carbonyl (C=O) groups is 2. The molecule has 0 aromatic heterocycles. The standard InChI is InChI=1S/C19H14ClFN2O2/c20-17-11-14(21)8-9-16(17)19(25)23-22-18(24)10-13-6-3-5-12-4-1-2-7-15(12)13/h1-9,11H,10H2,(H,22,24)(H,23,25). The molecule has 3 aromatic rings. The lowest BCUT2D eigenvalue weighted by molar-refractivity contribution is -0.121. The van der Waals surface area contributed by atoms with Gasteiger partial charge < -0.3 is 0 Å². The molecule has 0 radical (unpaired) electrons. The second-order valence-corrected chi connectivity index (χ2v) is 5.85. The lowest BCUT2D eigenvalue weighted by atomic mass is 10.0. The summed E-state index contributed by atoms with van der Waals surface area (Å²) in [6.07, 6.45) is 0.110. The first-order chi connectivity index (χ1) is 12.0. The highest BCUT2D eigenvalue weighted by atomic mass is 35.5. The van der Waals surface area contributed by atoms with Gasteiger partial charge in [-0.1, -0.05) is 54.1 Å². The summed E-state index contributed by atoms with van der Waals surface area (Å²) in [6, 6.07) is 16.9. The first kappa shape index (κ1) is 16.9. The lowest BCUT2D eigenvalue weighted by Crippen LogP contribution is -2.42. The van der Waals surface area contributed by atoms with E-state index in [0.29, 0.717) is 0 Å². The predicted octanol–water partition coefficient (Wildman–Crippen LogP) is 3.64. The fourth-order valence-electron chi connectivity index (χ4n) is 2.53. The van der Waals surface area contributed by atoms with Crippen LogP contribution in [0.5, 0.6) is 0 Å². The molecule has 0 bridgehead atoms. The number of nitrogens with one attached hydrogen (secondary N) is 2. The van der Waals surface area contributed by atoms with Crippen LogP contribution >= 0.6 is 11.6 Å². The molecular formula is C19H14ClFN2O2. The molecule has 3 aromatic carbocycles.